The molecular formula is C10H8N2O4. The van der Waals surface area contributed by atoms with Crippen molar-refractivity contribution in [3.63, 3.8) is 0 Å². The molecule has 0 saturated heterocycles. The summed E-state index contributed by atoms with van der Waals surface area (Å²) >= 11 is 0. The summed E-state index contributed by atoms with van der Waals surface area (Å²) < 4.78 is 0. The third kappa shape index (κ3) is 1.36. The second kappa shape index (κ2) is 3.27. The van der Waals surface area contributed by atoms with Crippen LogP contribution in [0.25, 0.3) is 10.9 Å². The molecule has 1 aromatic heterocycles. The van der Waals surface area contributed by atoms with Crippen molar-refractivity contribution in [3.8, 4) is 5.75 Å². The number of anilines is 1. The number of hydrogen-bond donors (Lipinski definition) is 4. The van der Waals surface area contributed by atoms with E-state index in [1.54, 1.807) is 0 Å². The zero-order chi connectivity index (χ0) is 11.9. The number of phenols is 1. The van der Waals surface area contributed by atoms with Crippen LogP contribution in [-0.2, 0) is 0 Å². The lowest BCUT2D eigenvalue weighted by atomic mass is 10.1. The van der Waals surface area contributed by atoms with Crippen molar-refractivity contribution in [2.75, 3.05) is 5.73 Å². The van der Waals surface area contributed by atoms with Crippen LogP contribution in [0.15, 0.2) is 23.0 Å². The number of benzene rings is 1. The summed E-state index contributed by atoms with van der Waals surface area (Å²) in [5.41, 5.74) is 4.36. The number of aromatic amines is 1. The molecule has 0 aliphatic heterocycles. The van der Waals surface area contributed by atoms with Crippen LogP contribution < -0.4 is 11.3 Å². The standard InChI is InChI=1S/C10H8N2O4/c11-8-7(10(15)16)5-2-1-4(13)3-6(5)12-9(8)14/h1-3,13H,11H2,(H,12,14)(H,15,16). The highest BCUT2D eigenvalue weighted by molar-refractivity contribution is 6.07. The van der Waals surface area contributed by atoms with E-state index in [1.165, 1.54) is 18.2 Å². The van der Waals surface area contributed by atoms with Crippen LogP contribution in [0.4, 0.5) is 5.69 Å². The van der Waals surface area contributed by atoms with Crippen LogP contribution in [0.1, 0.15) is 10.4 Å². The molecule has 0 unspecified atom stereocenters. The zero-order valence-corrected chi connectivity index (χ0v) is 8.02. The van der Waals surface area contributed by atoms with Gasteiger partial charge in [0.2, 0.25) is 0 Å². The number of aromatic nitrogens is 1. The number of aromatic hydroxyl groups is 1. The summed E-state index contributed by atoms with van der Waals surface area (Å²) in [6.45, 7) is 0. The average molecular weight is 220 g/mol. The molecule has 0 bridgehead atoms. The lowest BCUT2D eigenvalue weighted by Gasteiger charge is -2.05. The van der Waals surface area contributed by atoms with Gasteiger partial charge in [0.05, 0.1) is 11.1 Å². The van der Waals surface area contributed by atoms with Crippen LogP contribution in [0.3, 0.4) is 0 Å². The summed E-state index contributed by atoms with van der Waals surface area (Å²) in [7, 11) is 0. The maximum atomic E-state index is 11.3. The SMILES string of the molecule is Nc1c(C(=O)O)c2ccc(O)cc2[nH]c1=O. The Hall–Kier alpha value is -2.50. The molecule has 0 saturated carbocycles. The molecule has 82 valence electrons. The van der Waals surface area contributed by atoms with E-state index in [9.17, 15) is 14.7 Å². The first-order valence-corrected chi connectivity index (χ1v) is 4.38. The lowest BCUT2D eigenvalue weighted by Crippen LogP contribution is -2.17. The van der Waals surface area contributed by atoms with Gasteiger partial charge in [0.25, 0.3) is 5.56 Å². The smallest absolute Gasteiger partial charge is 0.338 e. The summed E-state index contributed by atoms with van der Waals surface area (Å²) in [4.78, 5) is 24.7. The number of pyridine rings is 1. The van der Waals surface area contributed by atoms with Crippen molar-refractivity contribution in [1.29, 1.82) is 0 Å². The minimum absolute atomic E-state index is 0.0655. The monoisotopic (exact) mass is 220 g/mol. The quantitative estimate of drug-likeness (QED) is 0.558. The molecule has 0 amide bonds. The van der Waals surface area contributed by atoms with Crippen LogP contribution in [-0.4, -0.2) is 21.2 Å². The van der Waals surface area contributed by atoms with Gasteiger partial charge in [-0.1, -0.05) is 0 Å². The zero-order valence-electron chi connectivity index (χ0n) is 8.02. The number of phenolic OH excluding ortho intramolecular Hbond substituents is 1. The van der Waals surface area contributed by atoms with Crippen LogP contribution in [0.2, 0.25) is 0 Å². The summed E-state index contributed by atoms with van der Waals surface area (Å²) in [6.07, 6.45) is 0. The third-order valence-corrected chi connectivity index (χ3v) is 2.25. The van der Waals surface area contributed by atoms with Gasteiger partial charge in [-0.05, 0) is 12.1 Å². The van der Waals surface area contributed by atoms with Gasteiger partial charge in [-0.2, -0.15) is 0 Å². The maximum absolute atomic E-state index is 11.3. The third-order valence-electron chi connectivity index (χ3n) is 2.25. The first kappa shape index (κ1) is 10.0. The first-order valence-electron chi connectivity index (χ1n) is 4.38. The number of H-pyrrole nitrogens is 1. The summed E-state index contributed by atoms with van der Waals surface area (Å²) in [5, 5.41) is 18.5. The molecule has 2 rings (SSSR count). The average Bonchev–Trinajstić information content (AvgIpc) is 2.19. The lowest BCUT2D eigenvalue weighted by molar-refractivity contribution is 0.0700. The summed E-state index contributed by atoms with van der Waals surface area (Å²) in [5.74, 6) is -1.34. The number of nitrogens with one attached hydrogen (secondary N) is 1. The van der Waals surface area contributed by atoms with Crippen LogP contribution in [0, 0.1) is 0 Å². The molecule has 2 aromatic rings. The Bertz CT molecular complexity index is 645. The fraction of sp³-hybridized carbons (Fsp3) is 0. The van der Waals surface area contributed by atoms with Crippen LogP contribution in [0.5, 0.6) is 5.75 Å². The highest BCUT2D eigenvalue weighted by atomic mass is 16.4. The number of rotatable bonds is 1. The van der Waals surface area contributed by atoms with Crippen molar-refractivity contribution in [2.24, 2.45) is 0 Å². The Labute approximate surface area is 88.9 Å². The summed E-state index contributed by atoms with van der Waals surface area (Å²) in [6, 6.07) is 3.98. The fourth-order valence-corrected chi connectivity index (χ4v) is 1.53. The highest BCUT2D eigenvalue weighted by Crippen LogP contribution is 2.23. The molecule has 5 N–H and O–H groups in total. The van der Waals surface area contributed by atoms with Gasteiger partial charge in [0.1, 0.15) is 11.4 Å². The Balaban J connectivity index is 3.00. The van der Waals surface area contributed by atoms with Gasteiger partial charge in [0, 0.05) is 11.5 Å². The molecule has 0 spiro atoms. The van der Waals surface area contributed by atoms with Crippen molar-refractivity contribution in [1.82, 2.24) is 4.98 Å². The molecule has 0 aliphatic rings. The first-order chi connectivity index (χ1) is 7.50. The van der Waals surface area contributed by atoms with E-state index in [4.69, 9.17) is 10.8 Å². The Morgan fingerprint density at radius 1 is 1.38 bits per heavy atom. The van der Waals surface area contributed by atoms with Gasteiger partial charge < -0.3 is 20.9 Å². The van der Waals surface area contributed by atoms with Crippen molar-refractivity contribution in [2.45, 2.75) is 0 Å². The highest BCUT2D eigenvalue weighted by Gasteiger charge is 2.16. The van der Waals surface area contributed by atoms with E-state index in [1.807, 2.05) is 0 Å². The predicted octanol–water partition coefficient (Wildman–Crippen LogP) is 0.514. The van der Waals surface area contributed by atoms with Gasteiger partial charge in [-0.3, -0.25) is 4.79 Å². The number of carbonyl (C=O) groups is 1. The molecule has 16 heavy (non-hydrogen) atoms. The Kier molecular flexibility index (Phi) is 2.05. The molecule has 0 radical (unpaired) electrons. The van der Waals surface area contributed by atoms with E-state index < -0.39 is 11.5 Å². The molecule has 1 heterocycles. The number of fused-ring (bicyclic) bond motifs is 1. The largest absolute Gasteiger partial charge is 0.508 e. The molecule has 6 heteroatoms. The number of hydrogen-bond acceptors (Lipinski definition) is 4. The predicted molar refractivity (Wildman–Crippen MR) is 57.6 cm³/mol. The van der Waals surface area contributed by atoms with Crippen molar-refractivity contribution >= 4 is 22.6 Å². The van der Waals surface area contributed by atoms with Crippen molar-refractivity contribution < 1.29 is 15.0 Å². The van der Waals surface area contributed by atoms with E-state index in [0.29, 0.717) is 0 Å². The number of carboxylic acids is 1. The Morgan fingerprint density at radius 2 is 2.06 bits per heavy atom. The minimum Gasteiger partial charge on any atom is -0.508 e. The van der Waals surface area contributed by atoms with E-state index in [0.717, 1.165) is 0 Å². The van der Waals surface area contributed by atoms with Crippen molar-refractivity contribution in [3.05, 3.63) is 34.1 Å². The molecule has 0 aliphatic carbocycles. The molecule has 0 fully saturated rings. The molecule has 6 nitrogen and oxygen atoms in total. The normalized spacial score (nSPS) is 10.5. The number of carboxylic acid groups (broad SMARTS) is 1. The fourth-order valence-electron chi connectivity index (χ4n) is 1.53. The van der Waals surface area contributed by atoms with Crippen LogP contribution >= 0.6 is 0 Å². The number of nitrogens with two attached hydrogens (primary N) is 1. The topological polar surface area (TPSA) is 116 Å². The van der Waals surface area contributed by atoms with Gasteiger partial charge >= 0.3 is 5.97 Å². The molecule has 1 aromatic carbocycles. The molecule has 0 atom stereocenters. The number of nitrogen functional groups attached to an aromatic ring is 1. The van der Waals surface area contributed by atoms with E-state index >= 15 is 0 Å². The van der Waals surface area contributed by atoms with Gasteiger partial charge in [0.15, 0.2) is 0 Å². The van der Waals surface area contributed by atoms with E-state index in [-0.39, 0.29) is 27.9 Å². The van der Waals surface area contributed by atoms with Gasteiger partial charge in [-0.15, -0.1) is 0 Å². The van der Waals surface area contributed by atoms with E-state index in [2.05, 4.69) is 4.98 Å². The van der Waals surface area contributed by atoms with Gasteiger partial charge in [-0.25, -0.2) is 4.79 Å². The minimum atomic E-state index is -1.28. The second-order valence-corrected chi connectivity index (χ2v) is 3.28. The Morgan fingerprint density at radius 3 is 2.69 bits per heavy atom. The second-order valence-electron chi connectivity index (χ2n) is 3.28. The maximum Gasteiger partial charge on any atom is 0.338 e. The molecular weight excluding hydrogens is 212 g/mol. The number of aromatic carboxylic acids is 1.